The van der Waals surface area contributed by atoms with Crippen molar-refractivity contribution in [1.82, 2.24) is 0 Å². The first kappa shape index (κ1) is 96.6. The summed E-state index contributed by atoms with van der Waals surface area (Å²) < 4.78 is 0. The summed E-state index contributed by atoms with van der Waals surface area (Å²) in [6.07, 6.45) is 35.1. The molecular formula is C71H164. The van der Waals surface area contributed by atoms with Crippen molar-refractivity contribution < 1.29 is 0 Å². The molecule has 2 unspecified atom stereocenters. The maximum absolute atomic E-state index is 2.31. The van der Waals surface area contributed by atoms with Crippen LogP contribution >= 0.6 is 0 Å². The Bertz CT molecular complexity index is 679. The Balaban J connectivity index is -0.0000000605. The van der Waals surface area contributed by atoms with Crippen molar-refractivity contribution in [3.05, 3.63) is 0 Å². The van der Waals surface area contributed by atoms with Crippen molar-refractivity contribution in [2.75, 3.05) is 0 Å². The van der Waals surface area contributed by atoms with Crippen LogP contribution in [0.1, 0.15) is 403 Å². The lowest BCUT2D eigenvalue weighted by atomic mass is 9.88. The first-order chi connectivity index (χ1) is 32.9. The van der Waals surface area contributed by atoms with Gasteiger partial charge >= 0.3 is 0 Å². The molecule has 0 aliphatic heterocycles. The van der Waals surface area contributed by atoms with Gasteiger partial charge in [0.15, 0.2) is 0 Å². The second-order valence-corrected chi connectivity index (χ2v) is 25.7. The van der Waals surface area contributed by atoms with Crippen LogP contribution in [-0.2, 0) is 0 Å². The lowest BCUT2D eigenvalue weighted by molar-refractivity contribution is 0.346. The van der Waals surface area contributed by atoms with Gasteiger partial charge in [0.05, 0.1) is 0 Å². The molecule has 5 aliphatic rings. The Morgan fingerprint density at radius 3 is 0.662 bits per heavy atom. The van der Waals surface area contributed by atoms with Crippen LogP contribution in [0.5, 0.6) is 0 Å². The molecule has 5 aliphatic carbocycles. The van der Waals surface area contributed by atoms with Crippen LogP contribution in [0.25, 0.3) is 0 Å². The molecule has 5 rings (SSSR count). The Labute approximate surface area is 464 Å². The third-order valence-corrected chi connectivity index (χ3v) is 11.0. The van der Waals surface area contributed by atoms with Crippen LogP contribution in [0.4, 0.5) is 0 Å². The summed E-state index contributed by atoms with van der Waals surface area (Å²) in [5.41, 5.74) is 1.25. The lowest BCUT2D eigenvalue weighted by Gasteiger charge is -2.18. The normalized spacial score (nSPS) is 16.3. The molecule has 0 nitrogen and oxygen atoms in total. The average molecular weight is 1020 g/mol. The van der Waals surface area contributed by atoms with Gasteiger partial charge in [-0.15, -0.1) is 0 Å². The third-order valence-electron chi connectivity index (χ3n) is 11.0. The van der Waals surface area contributed by atoms with E-state index in [0.717, 1.165) is 58.7 Å². The van der Waals surface area contributed by atoms with Crippen LogP contribution in [0, 0.1) is 64.1 Å². The fraction of sp³-hybridized carbons (Fsp3) is 1.00. The molecular weight excluding hydrogens is 853 g/mol. The van der Waals surface area contributed by atoms with Gasteiger partial charge in [-0.3, -0.25) is 0 Å². The van der Waals surface area contributed by atoms with E-state index in [9.17, 15) is 0 Å². The second-order valence-electron chi connectivity index (χ2n) is 25.7. The van der Waals surface area contributed by atoms with Crippen molar-refractivity contribution in [3.63, 3.8) is 0 Å². The molecule has 0 spiro atoms. The molecule has 0 saturated heterocycles. The van der Waals surface area contributed by atoms with Gasteiger partial charge in [0.25, 0.3) is 0 Å². The molecule has 5 fully saturated rings. The van der Waals surface area contributed by atoms with E-state index in [-0.39, 0.29) is 0 Å². The zero-order valence-corrected chi connectivity index (χ0v) is 58.9. The molecule has 0 aromatic rings. The Morgan fingerprint density at radius 2 is 0.648 bits per heavy atom. The Kier molecular flexibility index (Phi) is 111. The minimum atomic E-state index is 0.500. The summed E-state index contributed by atoms with van der Waals surface area (Å²) in [4.78, 5) is 0. The third kappa shape index (κ3) is 224. The van der Waals surface area contributed by atoms with Gasteiger partial charge in [-0.1, -0.05) is 384 Å². The van der Waals surface area contributed by atoms with Crippen molar-refractivity contribution >= 4 is 0 Å². The second kappa shape index (κ2) is 81.4. The predicted molar refractivity (Wildman–Crippen MR) is 350 cm³/mol. The van der Waals surface area contributed by atoms with Gasteiger partial charge < -0.3 is 0 Å². The predicted octanol–water partition coefficient (Wildman–Crippen LogP) is 28.8. The van der Waals surface area contributed by atoms with E-state index in [1.165, 1.54) is 161 Å². The quantitative estimate of drug-likeness (QED) is 0.181. The van der Waals surface area contributed by atoms with Crippen LogP contribution in [0.2, 0.25) is 0 Å². The first-order valence-corrected chi connectivity index (χ1v) is 32.9. The summed E-state index contributed by atoms with van der Waals surface area (Å²) in [5, 5.41) is 0. The van der Waals surface area contributed by atoms with Crippen LogP contribution in [0.3, 0.4) is 0 Å². The number of hydrogen-bond donors (Lipinski definition) is 0. The van der Waals surface area contributed by atoms with E-state index >= 15 is 0 Å². The average Bonchev–Trinajstić information content (AvgIpc) is 4.09. The molecule has 0 bridgehead atoms. The molecule has 71 heavy (non-hydrogen) atoms. The summed E-state index contributed by atoms with van der Waals surface area (Å²) in [5.74, 6) is 8.88. The summed E-state index contributed by atoms with van der Waals surface area (Å²) >= 11 is 0. The highest BCUT2D eigenvalue weighted by molar-refractivity contribution is 4.82. The van der Waals surface area contributed by atoms with Crippen molar-refractivity contribution in [2.45, 2.75) is 403 Å². The van der Waals surface area contributed by atoms with E-state index in [0.29, 0.717) is 5.41 Å². The maximum atomic E-state index is 2.31. The highest BCUT2D eigenvalue weighted by atomic mass is 14.4. The minimum absolute atomic E-state index is 0.500. The molecule has 448 valence electrons. The Morgan fingerprint density at radius 1 is 0.423 bits per heavy atom. The minimum Gasteiger partial charge on any atom is -0.0683 e. The number of hydrogen-bond acceptors (Lipinski definition) is 0. The van der Waals surface area contributed by atoms with Gasteiger partial charge in [-0.2, -0.15) is 0 Å². The Hall–Kier alpha value is 0. The standard InChI is InChI=1S/2C6H14.4C5H10.4C5H12.C4H8.2C4H10.C3H8.2C2H6/c1-4-5-6(2)3;1-3-5-6-4-2;1-5(2)3-4-5;1-4-3-5(4)2;1-5-3-2-4-5;1-2-5-3-4-5;1-5(2,3)4;2*1-4-5(2)3;1-3-5-4-2;1-4-2-3-4;1-4(2)3;1-3-4-2;1-3-2;2*1-2/h6H,4-5H2,1-3H3;3-6H2,1-2H3;3-4H2,1-2H3;4-5H,3H2,1-2H3;2*5H,2-4H2,1H3;1-4H3;2*5H,4H2,1-3H3;3-5H2,1-2H3;4H,2-3H2,1H3;4H,1-3H3;3-4H2,1-2H3;3H2,1-2H3;2*1-2H3. The summed E-state index contributed by atoms with van der Waals surface area (Å²) in [6.45, 7) is 76.8. The van der Waals surface area contributed by atoms with E-state index in [2.05, 4.69) is 215 Å². The molecule has 2 atom stereocenters. The lowest BCUT2D eigenvalue weighted by Crippen LogP contribution is -2.04. The van der Waals surface area contributed by atoms with E-state index < -0.39 is 0 Å². The van der Waals surface area contributed by atoms with Gasteiger partial charge in [-0.25, -0.2) is 0 Å². The summed E-state index contributed by atoms with van der Waals surface area (Å²) in [7, 11) is 0. The fourth-order valence-corrected chi connectivity index (χ4v) is 3.49. The van der Waals surface area contributed by atoms with Crippen LogP contribution < -0.4 is 0 Å². The van der Waals surface area contributed by atoms with Crippen molar-refractivity contribution in [3.8, 4) is 0 Å². The first-order valence-electron chi connectivity index (χ1n) is 32.9. The van der Waals surface area contributed by atoms with Crippen LogP contribution in [-0.4, -0.2) is 0 Å². The summed E-state index contributed by atoms with van der Waals surface area (Å²) in [6, 6.07) is 0. The van der Waals surface area contributed by atoms with Gasteiger partial charge in [0.1, 0.15) is 0 Å². The van der Waals surface area contributed by atoms with E-state index in [1.807, 2.05) is 27.7 Å². The number of rotatable bonds is 11. The van der Waals surface area contributed by atoms with E-state index in [1.54, 1.807) is 0 Å². The molecule has 0 aromatic heterocycles. The van der Waals surface area contributed by atoms with Crippen molar-refractivity contribution in [2.24, 2.45) is 64.1 Å². The monoisotopic (exact) mass is 1020 g/mol. The smallest absolute Gasteiger partial charge is 0.0354 e. The molecule has 0 heteroatoms. The largest absolute Gasteiger partial charge is 0.0683 e. The SMILES string of the molecule is CC.CC.CC(C)(C)C.CC(C)C.CC1(C)CC1.CC1CC1.CC1CC1C.CC1CCC1.CCC.CCC(C)C.CCC(C)C.CCC1CC1.CCCC.CCCC(C)C.CCCCC.CCCCCC. The highest BCUT2D eigenvalue weighted by Gasteiger charge is 2.30. The molecule has 5 saturated carbocycles. The number of unbranched alkanes of at least 4 members (excludes halogenated alkanes) is 6. The zero-order valence-electron chi connectivity index (χ0n) is 58.9. The topological polar surface area (TPSA) is 0 Å². The molecule has 0 heterocycles. The maximum Gasteiger partial charge on any atom is -0.0354 e. The zero-order chi connectivity index (χ0) is 58.9. The molecule has 0 radical (unpaired) electrons. The van der Waals surface area contributed by atoms with E-state index in [4.69, 9.17) is 0 Å². The molecule has 0 N–H and O–H groups in total. The van der Waals surface area contributed by atoms with Gasteiger partial charge in [0.2, 0.25) is 0 Å². The highest BCUT2D eigenvalue weighted by Crippen LogP contribution is 2.43. The van der Waals surface area contributed by atoms with Crippen LogP contribution in [0.15, 0.2) is 0 Å². The molecule has 0 amide bonds. The fourth-order valence-electron chi connectivity index (χ4n) is 3.49. The molecule has 0 aromatic carbocycles. The van der Waals surface area contributed by atoms with Gasteiger partial charge in [0, 0.05) is 0 Å². The van der Waals surface area contributed by atoms with Gasteiger partial charge in [-0.05, 0) is 83.4 Å². The van der Waals surface area contributed by atoms with Crippen molar-refractivity contribution in [1.29, 1.82) is 0 Å².